The smallest absolute Gasteiger partial charge is 0.262 e. The Balaban J connectivity index is 1.48. The molecule has 32 heavy (non-hydrogen) atoms. The van der Waals surface area contributed by atoms with Gasteiger partial charge in [0.1, 0.15) is 0 Å². The van der Waals surface area contributed by atoms with Crippen molar-refractivity contribution < 1.29 is 4.74 Å². The Labute approximate surface area is 191 Å². The fourth-order valence-corrected chi connectivity index (χ4v) is 5.36. The lowest BCUT2D eigenvalue weighted by molar-refractivity contribution is 0.189. The molecule has 1 aliphatic carbocycles. The molecule has 0 aliphatic heterocycles. The maximum Gasteiger partial charge on any atom is 0.262 e. The summed E-state index contributed by atoms with van der Waals surface area (Å²) in [5, 5.41) is 6.37. The Morgan fingerprint density at radius 3 is 2.72 bits per heavy atom. The zero-order valence-electron chi connectivity index (χ0n) is 18.2. The van der Waals surface area contributed by atoms with Crippen molar-refractivity contribution in [2.45, 2.75) is 43.1 Å². The van der Waals surface area contributed by atoms with E-state index in [9.17, 15) is 4.79 Å². The summed E-state index contributed by atoms with van der Waals surface area (Å²) in [6.45, 7) is 1.20. The van der Waals surface area contributed by atoms with E-state index in [1.165, 1.54) is 11.3 Å². The molecule has 2 aromatic carbocycles. The van der Waals surface area contributed by atoms with E-state index in [0.29, 0.717) is 24.3 Å². The molecule has 4 aromatic rings. The van der Waals surface area contributed by atoms with Gasteiger partial charge in [0.05, 0.1) is 22.3 Å². The number of fused-ring (bicyclic) bond motifs is 2. The van der Waals surface area contributed by atoms with Crippen molar-refractivity contribution in [3.05, 3.63) is 81.9 Å². The van der Waals surface area contributed by atoms with Crippen LogP contribution in [-0.2, 0) is 29.9 Å². The highest BCUT2D eigenvalue weighted by Gasteiger charge is 2.23. The highest BCUT2D eigenvalue weighted by Crippen LogP contribution is 2.31. The summed E-state index contributed by atoms with van der Waals surface area (Å²) in [6.07, 6.45) is 4.04. The second kappa shape index (κ2) is 9.30. The van der Waals surface area contributed by atoms with Gasteiger partial charge in [-0.05, 0) is 55.5 Å². The fraction of sp³-hybridized carbons (Fsp3) is 0.320. The van der Waals surface area contributed by atoms with Gasteiger partial charge in [-0.15, -0.1) is 0 Å². The van der Waals surface area contributed by atoms with Gasteiger partial charge in [-0.3, -0.25) is 9.36 Å². The van der Waals surface area contributed by atoms with Crippen LogP contribution < -0.4 is 5.56 Å². The molecule has 0 radical (unpaired) electrons. The Morgan fingerprint density at radius 2 is 1.88 bits per heavy atom. The third kappa shape index (κ3) is 3.98. The van der Waals surface area contributed by atoms with Gasteiger partial charge >= 0.3 is 0 Å². The highest BCUT2D eigenvalue weighted by molar-refractivity contribution is 7.98. The second-order valence-electron chi connectivity index (χ2n) is 7.98. The molecule has 164 valence electrons. The van der Waals surface area contributed by atoms with E-state index in [-0.39, 0.29) is 5.56 Å². The van der Waals surface area contributed by atoms with Crippen molar-refractivity contribution in [2.24, 2.45) is 0 Å². The van der Waals surface area contributed by atoms with Gasteiger partial charge in [0.15, 0.2) is 5.16 Å². The summed E-state index contributed by atoms with van der Waals surface area (Å²) in [7, 11) is 1.68. The van der Waals surface area contributed by atoms with Crippen LogP contribution in [0.4, 0.5) is 0 Å². The summed E-state index contributed by atoms with van der Waals surface area (Å²) >= 11 is 1.60. The topological polar surface area (TPSA) is 61.9 Å². The van der Waals surface area contributed by atoms with E-state index in [4.69, 9.17) is 14.8 Å². The third-order valence-electron chi connectivity index (χ3n) is 5.91. The van der Waals surface area contributed by atoms with Gasteiger partial charge < -0.3 is 4.74 Å². The molecule has 0 saturated carbocycles. The van der Waals surface area contributed by atoms with Gasteiger partial charge in [0.25, 0.3) is 5.56 Å². The van der Waals surface area contributed by atoms with Crippen LogP contribution in [-0.4, -0.2) is 33.0 Å². The number of ether oxygens (including phenoxy) is 1. The zero-order chi connectivity index (χ0) is 21.9. The number of benzene rings is 2. The van der Waals surface area contributed by atoms with Crippen LogP contribution in [0, 0.1) is 0 Å². The van der Waals surface area contributed by atoms with Crippen molar-refractivity contribution in [2.75, 3.05) is 13.7 Å². The van der Waals surface area contributed by atoms with Crippen molar-refractivity contribution >= 4 is 22.7 Å². The van der Waals surface area contributed by atoms with E-state index < -0.39 is 0 Å². The molecule has 0 amide bonds. The number of methoxy groups -OCH3 is 1. The van der Waals surface area contributed by atoms with Gasteiger partial charge in [-0.25, -0.2) is 9.67 Å². The minimum Gasteiger partial charge on any atom is -0.385 e. The number of hydrogen-bond donors (Lipinski definition) is 0. The maximum atomic E-state index is 13.2. The lowest BCUT2D eigenvalue weighted by Crippen LogP contribution is -2.24. The predicted octanol–water partition coefficient (Wildman–Crippen LogP) is 4.40. The molecule has 0 atom stereocenters. The number of nitrogens with zero attached hydrogens (tertiary/aromatic N) is 4. The number of rotatable bonds is 8. The van der Waals surface area contributed by atoms with Crippen LogP contribution in [0.3, 0.4) is 0 Å². The first-order valence-electron chi connectivity index (χ1n) is 11.0. The third-order valence-corrected chi connectivity index (χ3v) is 6.90. The average Bonchev–Trinajstić information content (AvgIpc) is 3.43. The Bertz CT molecular complexity index is 1300. The average molecular weight is 447 g/mol. The highest BCUT2D eigenvalue weighted by atomic mass is 32.2. The largest absolute Gasteiger partial charge is 0.385 e. The van der Waals surface area contributed by atoms with E-state index in [1.54, 1.807) is 23.4 Å². The minimum absolute atomic E-state index is 0.00856. The number of thioether (sulfide) groups is 1. The van der Waals surface area contributed by atoms with E-state index in [1.807, 2.05) is 42.5 Å². The molecule has 0 fully saturated rings. The SMILES string of the molecule is COCCCn1c(SCc2nn(-c3ccccc3)c3c2CCC3)nc2ccccc2c1=O. The van der Waals surface area contributed by atoms with Crippen molar-refractivity contribution in [3.8, 4) is 5.69 Å². The first-order valence-corrected chi connectivity index (χ1v) is 12.0. The van der Waals surface area contributed by atoms with Crippen LogP contribution in [0.1, 0.15) is 29.8 Å². The molecule has 7 heteroatoms. The number of aromatic nitrogens is 4. The van der Waals surface area contributed by atoms with E-state index >= 15 is 0 Å². The molecule has 0 saturated heterocycles. The quantitative estimate of drug-likeness (QED) is 0.228. The summed E-state index contributed by atoms with van der Waals surface area (Å²) in [6, 6.07) is 17.9. The van der Waals surface area contributed by atoms with Gasteiger partial charge in [0, 0.05) is 31.7 Å². The Kier molecular flexibility index (Phi) is 6.10. The second-order valence-corrected chi connectivity index (χ2v) is 8.92. The van der Waals surface area contributed by atoms with Crippen LogP contribution in [0.15, 0.2) is 64.5 Å². The monoisotopic (exact) mass is 446 g/mol. The number of hydrogen-bond acceptors (Lipinski definition) is 5. The Hall–Kier alpha value is -2.90. The first kappa shape index (κ1) is 21.0. The molecule has 2 heterocycles. The van der Waals surface area contributed by atoms with Gasteiger partial charge in [-0.2, -0.15) is 5.10 Å². The van der Waals surface area contributed by atoms with Gasteiger partial charge in [-0.1, -0.05) is 42.1 Å². The van der Waals surface area contributed by atoms with Gasteiger partial charge in [0.2, 0.25) is 0 Å². The van der Waals surface area contributed by atoms with Crippen molar-refractivity contribution in [1.29, 1.82) is 0 Å². The summed E-state index contributed by atoms with van der Waals surface area (Å²) < 4.78 is 9.09. The van der Waals surface area contributed by atoms with E-state index in [0.717, 1.165) is 47.7 Å². The molecule has 0 N–H and O–H groups in total. The summed E-state index contributed by atoms with van der Waals surface area (Å²) in [5.41, 5.74) is 5.61. The van der Waals surface area contributed by atoms with Crippen molar-refractivity contribution in [1.82, 2.24) is 19.3 Å². The molecular weight excluding hydrogens is 420 g/mol. The molecular formula is C25H26N4O2S. The Morgan fingerprint density at radius 1 is 1.06 bits per heavy atom. The summed E-state index contributed by atoms with van der Waals surface area (Å²) in [5.74, 6) is 0.692. The van der Waals surface area contributed by atoms with Crippen LogP contribution in [0.25, 0.3) is 16.6 Å². The predicted molar refractivity (Wildman–Crippen MR) is 128 cm³/mol. The maximum absolute atomic E-state index is 13.2. The summed E-state index contributed by atoms with van der Waals surface area (Å²) in [4.78, 5) is 18.0. The van der Waals surface area contributed by atoms with Crippen molar-refractivity contribution in [3.63, 3.8) is 0 Å². The molecule has 1 aliphatic rings. The lowest BCUT2D eigenvalue weighted by Gasteiger charge is -2.13. The number of para-hydroxylation sites is 2. The molecule has 0 spiro atoms. The normalized spacial score (nSPS) is 13.0. The first-order chi connectivity index (χ1) is 15.8. The van der Waals surface area contributed by atoms with Crippen LogP contribution in [0.5, 0.6) is 0 Å². The molecule has 0 unspecified atom stereocenters. The van der Waals surface area contributed by atoms with E-state index in [2.05, 4.69) is 16.8 Å². The molecule has 0 bridgehead atoms. The lowest BCUT2D eigenvalue weighted by atomic mass is 10.2. The van der Waals surface area contributed by atoms with Crippen LogP contribution >= 0.6 is 11.8 Å². The molecule has 6 nitrogen and oxygen atoms in total. The molecule has 2 aromatic heterocycles. The standard InChI is InChI=1S/C25H26N4O2S/c1-31-16-8-15-28-24(30)20-11-5-6-13-21(20)26-25(28)32-17-22-19-12-7-14-23(19)29(27-22)18-9-3-2-4-10-18/h2-6,9-11,13H,7-8,12,14-17H2,1H3. The van der Waals surface area contributed by atoms with Crippen LogP contribution in [0.2, 0.25) is 0 Å². The zero-order valence-corrected chi connectivity index (χ0v) is 19.0. The minimum atomic E-state index is 0.00856. The molecule has 5 rings (SSSR count). The fourth-order valence-electron chi connectivity index (χ4n) is 4.37.